The maximum Gasteiger partial charge on any atom is 0.248 e. The number of fused-ring (bicyclic) bond motifs is 1. The molecule has 0 saturated carbocycles. The molecule has 104 valence electrons. The van der Waals surface area contributed by atoms with Gasteiger partial charge in [0.1, 0.15) is 17.7 Å². The van der Waals surface area contributed by atoms with E-state index in [9.17, 15) is 0 Å². The second-order valence-electron chi connectivity index (χ2n) is 4.96. The minimum atomic E-state index is -0.577. The minimum absolute atomic E-state index is 0.382. The Hall–Kier alpha value is -2.28. The number of hydrogen-bond acceptors (Lipinski definition) is 6. The number of aromatic nitrogens is 5. The molecule has 0 bridgehead atoms. The fraction of sp³-hybridized carbons (Fsp3) is 0.385. The van der Waals surface area contributed by atoms with Crippen LogP contribution in [-0.4, -0.2) is 32.2 Å². The lowest BCUT2D eigenvalue weighted by Gasteiger charge is -2.17. The lowest BCUT2D eigenvalue weighted by Crippen LogP contribution is -2.21. The standard InChI is InChI=1S/C13H15N5O2/c1-13(2,19-3)12-14-11(20-16-12)8-18-10-7-5-4-6-9(10)15-17-18/h4-7H,8H2,1-3H3. The van der Waals surface area contributed by atoms with Crippen LogP contribution in [0.1, 0.15) is 25.6 Å². The zero-order chi connectivity index (χ0) is 14.2. The predicted molar refractivity (Wildman–Crippen MR) is 71.0 cm³/mol. The van der Waals surface area contributed by atoms with Gasteiger partial charge in [-0.25, -0.2) is 4.68 Å². The molecular formula is C13H15N5O2. The lowest BCUT2D eigenvalue weighted by molar-refractivity contribution is 0.00973. The van der Waals surface area contributed by atoms with E-state index in [4.69, 9.17) is 9.26 Å². The molecule has 20 heavy (non-hydrogen) atoms. The zero-order valence-corrected chi connectivity index (χ0v) is 11.6. The van der Waals surface area contributed by atoms with Crippen LogP contribution in [0.3, 0.4) is 0 Å². The van der Waals surface area contributed by atoms with Crippen molar-refractivity contribution in [1.29, 1.82) is 0 Å². The Morgan fingerprint density at radius 1 is 1.30 bits per heavy atom. The molecule has 0 amide bonds. The van der Waals surface area contributed by atoms with Crippen molar-refractivity contribution < 1.29 is 9.26 Å². The first-order valence-corrected chi connectivity index (χ1v) is 6.26. The fourth-order valence-corrected chi connectivity index (χ4v) is 1.82. The molecule has 0 N–H and O–H groups in total. The van der Waals surface area contributed by atoms with Crippen molar-refractivity contribution in [3.8, 4) is 0 Å². The highest BCUT2D eigenvalue weighted by atomic mass is 16.5. The molecule has 0 saturated heterocycles. The quantitative estimate of drug-likeness (QED) is 0.720. The number of methoxy groups -OCH3 is 1. The monoisotopic (exact) mass is 273 g/mol. The SMILES string of the molecule is COC(C)(C)c1noc(Cn2nnc3ccccc32)n1. The Morgan fingerprint density at radius 3 is 2.90 bits per heavy atom. The van der Waals surface area contributed by atoms with Crippen molar-refractivity contribution in [1.82, 2.24) is 25.1 Å². The normalized spacial score (nSPS) is 12.2. The number of para-hydroxylation sites is 1. The Kier molecular flexibility index (Phi) is 2.98. The predicted octanol–water partition coefficient (Wildman–Crippen LogP) is 1.74. The molecule has 0 unspecified atom stereocenters. The van der Waals surface area contributed by atoms with Crippen LogP contribution in [0.5, 0.6) is 0 Å². The number of ether oxygens (including phenoxy) is 1. The molecule has 0 aliphatic heterocycles. The molecule has 7 nitrogen and oxygen atoms in total. The Bertz CT molecular complexity index is 731. The van der Waals surface area contributed by atoms with E-state index in [-0.39, 0.29) is 0 Å². The van der Waals surface area contributed by atoms with Gasteiger partial charge in [0.2, 0.25) is 11.7 Å². The van der Waals surface area contributed by atoms with Gasteiger partial charge in [-0.3, -0.25) is 0 Å². The van der Waals surface area contributed by atoms with Gasteiger partial charge >= 0.3 is 0 Å². The summed E-state index contributed by atoms with van der Waals surface area (Å²) >= 11 is 0. The second kappa shape index (κ2) is 4.68. The van der Waals surface area contributed by atoms with E-state index in [1.807, 2.05) is 38.1 Å². The van der Waals surface area contributed by atoms with E-state index in [2.05, 4.69) is 20.5 Å². The summed E-state index contributed by atoms with van der Waals surface area (Å²) in [6, 6.07) is 7.72. The van der Waals surface area contributed by atoms with Crippen LogP contribution in [0.15, 0.2) is 28.8 Å². The van der Waals surface area contributed by atoms with E-state index in [0.717, 1.165) is 11.0 Å². The Balaban J connectivity index is 1.88. The summed E-state index contributed by atoms with van der Waals surface area (Å²) in [5, 5.41) is 12.1. The molecule has 0 fully saturated rings. The van der Waals surface area contributed by atoms with Gasteiger partial charge in [0.25, 0.3) is 0 Å². The topological polar surface area (TPSA) is 78.9 Å². The van der Waals surface area contributed by atoms with Crippen LogP contribution in [0.2, 0.25) is 0 Å². The second-order valence-corrected chi connectivity index (χ2v) is 4.96. The minimum Gasteiger partial charge on any atom is -0.371 e. The average molecular weight is 273 g/mol. The lowest BCUT2D eigenvalue weighted by atomic mass is 10.1. The van der Waals surface area contributed by atoms with Gasteiger partial charge in [-0.15, -0.1) is 5.10 Å². The summed E-state index contributed by atoms with van der Waals surface area (Å²) < 4.78 is 12.3. The largest absolute Gasteiger partial charge is 0.371 e. The summed E-state index contributed by atoms with van der Waals surface area (Å²) in [4.78, 5) is 4.34. The van der Waals surface area contributed by atoms with Gasteiger partial charge in [0, 0.05) is 7.11 Å². The van der Waals surface area contributed by atoms with Gasteiger partial charge in [0.05, 0.1) is 5.52 Å². The van der Waals surface area contributed by atoms with Crippen molar-refractivity contribution in [3.05, 3.63) is 36.0 Å². The molecule has 0 aliphatic carbocycles. The van der Waals surface area contributed by atoms with Crippen LogP contribution in [0, 0.1) is 0 Å². The summed E-state index contributed by atoms with van der Waals surface area (Å²) in [6.07, 6.45) is 0. The molecule has 7 heteroatoms. The smallest absolute Gasteiger partial charge is 0.248 e. The van der Waals surface area contributed by atoms with Gasteiger partial charge in [-0.2, -0.15) is 4.98 Å². The van der Waals surface area contributed by atoms with Crippen molar-refractivity contribution in [3.63, 3.8) is 0 Å². The van der Waals surface area contributed by atoms with Gasteiger partial charge in [-0.05, 0) is 26.0 Å². The molecule has 0 aliphatic rings. The third-order valence-electron chi connectivity index (χ3n) is 3.22. The van der Waals surface area contributed by atoms with Crippen LogP contribution >= 0.6 is 0 Å². The van der Waals surface area contributed by atoms with E-state index in [1.54, 1.807) is 11.8 Å². The molecule has 3 aromatic rings. The van der Waals surface area contributed by atoms with E-state index in [0.29, 0.717) is 18.3 Å². The van der Waals surface area contributed by atoms with E-state index >= 15 is 0 Å². The molecule has 0 atom stereocenters. The number of nitrogens with zero attached hydrogens (tertiary/aromatic N) is 5. The maximum absolute atomic E-state index is 5.32. The summed E-state index contributed by atoms with van der Waals surface area (Å²) in [5.41, 5.74) is 1.19. The maximum atomic E-state index is 5.32. The van der Waals surface area contributed by atoms with E-state index in [1.165, 1.54) is 0 Å². The first-order chi connectivity index (χ1) is 9.60. The fourth-order valence-electron chi connectivity index (χ4n) is 1.82. The molecular weight excluding hydrogens is 258 g/mol. The van der Waals surface area contributed by atoms with Crippen LogP contribution in [0.25, 0.3) is 11.0 Å². The zero-order valence-electron chi connectivity index (χ0n) is 11.6. The van der Waals surface area contributed by atoms with Gasteiger partial charge < -0.3 is 9.26 Å². The Labute approximate surface area is 115 Å². The molecule has 2 aromatic heterocycles. The highest BCUT2D eigenvalue weighted by molar-refractivity contribution is 5.73. The number of benzene rings is 1. The Morgan fingerprint density at radius 2 is 2.10 bits per heavy atom. The van der Waals surface area contributed by atoms with Crippen molar-refractivity contribution in [2.45, 2.75) is 26.0 Å². The highest BCUT2D eigenvalue weighted by Crippen LogP contribution is 2.20. The van der Waals surface area contributed by atoms with Crippen molar-refractivity contribution >= 4 is 11.0 Å². The first-order valence-electron chi connectivity index (χ1n) is 6.26. The number of hydrogen-bond donors (Lipinski definition) is 0. The van der Waals surface area contributed by atoms with Gasteiger partial charge in [-0.1, -0.05) is 22.5 Å². The van der Waals surface area contributed by atoms with Crippen LogP contribution in [-0.2, 0) is 16.9 Å². The van der Waals surface area contributed by atoms with Crippen molar-refractivity contribution in [2.75, 3.05) is 7.11 Å². The molecule has 0 radical (unpaired) electrons. The molecule has 3 rings (SSSR count). The highest BCUT2D eigenvalue weighted by Gasteiger charge is 2.26. The average Bonchev–Trinajstić information content (AvgIpc) is 3.08. The van der Waals surface area contributed by atoms with E-state index < -0.39 is 5.60 Å². The summed E-state index contributed by atoms with van der Waals surface area (Å²) in [7, 11) is 1.61. The van der Waals surface area contributed by atoms with Crippen LogP contribution in [0.4, 0.5) is 0 Å². The molecule has 1 aromatic carbocycles. The first kappa shape index (κ1) is 12.7. The van der Waals surface area contributed by atoms with Gasteiger partial charge in [0.15, 0.2) is 0 Å². The molecule has 2 heterocycles. The number of rotatable bonds is 4. The third-order valence-corrected chi connectivity index (χ3v) is 3.22. The molecule has 0 spiro atoms. The third kappa shape index (κ3) is 2.16. The van der Waals surface area contributed by atoms with Crippen molar-refractivity contribution in [2.24, 2.45) is 0 Å². The summed E-state index contributed by atoms with van der Waals surface area (Å²) in [6.45, 7) is 4.15. The van der Waals surface area contributed by atoms with Crippen LogP contribution < -0.4 is 0 Å². The summed E-state index contributed by atoms with van der Waals surface area (Å²) in [5.74, 6) is 0.986.